The molecule has 0 atom stereocenters. The summed E-state index contributed by atoms with van der Waals surface area (Å²) in [6.45, 7) is 4.47. The Labute approximate surface area is 163 Å². The first kappa shape index (κ1) is 21.2. The highest BCUT2D eigenvalue weighted by atomic mass is 16.5. The van der Waals surface area contributed by atoms with Gasteiger partial charge in [-0.3, -0.25) is 19.3 Å². The van der Waals surface area contributed by atoms with Gasteiger partial charge in [-0.2, -0.15) is 0 Å². The second kappa shape index (κ2) is 10.3. The maximum absolute atomic E-state index is 12.2. The molecule has 1 aliphatic rings. The Kier molecular flexibility index (Phi) is 7.79. The second-order valence-electron chi connectivity index (χ2n) is 6.09. The van der Waals surface area contributed by atoms with Crippen molar-refractivity contribution >= 4 is 23.8 Å². The van der Waals surface area contributed by atoms with E-state index in [0.29, 0.717) is 23.7 Å². The lowest BCUT2D eigenvalue weighted by Crippen LogP contribution is -2.42. The fourth-order valence-corrected chi connectivity index (χ4v) is 2.56. The number of imide groups is 2. The molecule has 1 fully saturated rings. The minimum atomic E-state index is -0.970. The van der Waals surface area contributed by atoms with Crippen LogP contribution in [0.2, 0.25) is 0 Å². The lowest BCUT2D eigenvalue weighted by molar-refractivity contribution is -0.144. The van der Waals surface area contributed by atoms with Gasteiger partial charge >= 0.3 is 17.8 Å². The number of nitrogens with zero attached hydrogens (tertiary/aromatic N) is 2. The van der Waals surface area contributed by atoms with Gasteiger partial charge < -0.3 is 14.8 Å². The minimum Gasteiger partial charge on any atom is -0.494 e. The molecule has 0 aliphatic carbocycles. The average molecular weight is 391 g/mol. The molecule has 9 heteroatoms. The molecule has 0 radical (unpaired) electrons. The van der Waals surface area contributed by atoms with Crippen molar-refractivity contribution in [2.75, 3.05) is 32.8 Å². The summed E-state index contributed by atoms with van der Waals surface area (Å²) in [6.07, 6.45) is 1.38. The smallest absolute Gasteiger partial charge is 0.334 e. The van der Waals surface area contributed by atoms with Crippen molar-refractivity contribution in [2.24, 2.45) is 0 Å². The zero-order valence-electron chi connectivity index (χ0n) is 16.1. The topological polar surface area (TPSA) is 105 Å². The van der Waals surface area contributed by atoms with Crippen LogP contribution in [-0.2, 0) is 14.4 Å². The monoisotopic (exact) mass is 391 g/mol. The molecule has 1 N–H and O–H groups in total. The van der Waals surface area contributed by atoms with Crippen molar-refractivity contribution < 1.29 is 28.7 Å². The molecule has 0 aromatic heterocycles. The first-order valence-corrected chi connectivity index (χ1v) is 9.27. The normalized spacial score (nSPS) is 13.9. The number of unbranched alkanes of at least 4 members (excludes halogenated alkanes) is 1. The van der Waals surface area contributed by atoms with E-state index in [9.17, 15) is 19.2 Å². The van der Waals surface area contributed by atoms with Gasteiger partial charge in [0.05, 0.1) is 13.2 Å². The lowest BCUT2D eigenvalue weighted by atomic mass is 10.3. The summed E-state index contributed by atoms with van der Waals surface area (Å²) in [5.41, 5.74) is 0. The van der Waals surface area contributed by atoms with Gasteiger partial charge in [-0.25, -0.2) is 9.69 Å². The third-order valence-electron chi connectivity index (χ3n) is 4.00. The molecule has 0 spiro atoms. The van der Waals surface area contributed by atoms with Crippen molar-refractivity contribution in [1.29, 1.82) is 0 Å². The molecule has 1 aliphatic heterocycles. The molecule has 0 unspecified atom stereocenters. The molecule has 1 aromatic carbocycles. The molecular weight excluding hydrogens is 366 g/mol. The molecule has 1 saturated heterocycles. The Hall–Kier alpha value is -3.10. The molecule has 1 aromatic rings. The molecule has 28 heavy (non-hydrogen) atoms. The quantitative estimate of drug-likeness (QED) is 0.345. The molecule has 1 heterocycles. The maximum Gasteiger partial charge on any atom is 0.334 e. The molecule has 0 saturated carbocycles. The van der Waals surface area contributed by atoms with Gasteiger partial charge in [0.1, 0.15) is 24.7 Å². The number of hydrogen-bond acceptors (Lipinski definition) is 6. The summed E-state index contributed by atoms with van der Waals surface area (Å²) in [5.74, 6) is -1.03. The molecule has 9 nitrogen and oxygen atoms in total. The number of hydrogen-bond donors (Lipinski definition) is 1. The van der Waals surface area contributed by atoms with E-state index in [2.05, 4.69) is 5.32 Å². The van der Waals surface area contributed by atoms with E-state index >= 15 is 0 Å². The van der Waals surface area contributed by atoms with E-state index in [0.717, 1.165) is 17.1 Å². The van der Waals surface area contributed by atoms with Crippen molar-refractivity contribution in [1.82, 2.24) is 15.1 Å². The van der Waals surface area contributed by atoms with Gasteiger partial charge in [-0.1, -0.05) is 13.3 Å². The largest absolute Gasteiger partial charge is 0.494 e. The third kappa shape index (κ3) is 5.45. The van der Waals surface area contributed by atoms with Crippen LogP contribution >= 0.6 is 0 Å². The van der Waals surface area contributed by atoms with Crippen LogP contribution < -0.4 is 14.8 Å². The van der Waals surface area contributed by atoms with Gasteiger partial charge in [0.2, 0.25) is 5.91 Å². The second-order valence-corrected chi connectivity index (χ2v) is 6.09. The van der Waals surface area contributed by atoms with E-state index in [1.54, 1.807) is 24.3 Å². The predicted octanol–water partition coefficient (Wildman–Crippen LogP) is 1.17. The van der Waals surface area contributed by atoms with Crippen LogP contribution in [-0.4, -0.2) is 66.4 Å². The zero-order valence-corrected chi connectivity index (χ0v) is 16.1. The Morgan fingerprint density at radius 1 is 0.964 bits per heavy atom. The average Bonchev–Trinajstić information content (AvgIpc) is 2.88. The van der Waals surface area contributed by atoms with Crippen LogP contribution in [0.15, 0.2) is 24.3 Å². The summed E-state index contributed by atoms with van der Waals surface area (Å²) >= 11 is 0. The molecular formula is C19H25N3O6. The van der Waals surface area contributed by atoms with Crippen LogP contribution in [0.4, 0.5) is 4.79 Å². The number of carbonyl (C=O) groups is 4. The van der Waals surface area contributed by atoms with Crippen LogP contribution in [0.25, 0.3) is 0 Å². The third-order valence-corrected chi connectivity index (χ3v) is 4.00. The van der Waals surface area contributed by atoms with Gasteiger partial charge in [-0.05, 0) is 37.6 Å². The fourth-order valence-electron chi connectivity index (χ4n) is 2.56. The summed E-state index contributed by atoms with van der Waals surface area (Å²) < 4.78 is 10.8. The number of rotatable bonds is 11. The number of carbonyl (C=O) groups excluding carboxylic acids is 4. The number of nitrogens with one attached hydrogen (secondary N) is 1. The number of urea groups is 1. The van der Waals surface area contributed by atoms with Crippen molar-refractivity contribution in [3.8, 4) is 11.5 Å². The number of amides is 5. The maximum atomic E-state index is 12.2. The SMILES string of the molecule is CCCCN1C(=O)C(=O)N(CC(=O)NCCOc2ccc(OCC)cc2)C1=O. The molecule has 2 rings (SSSR count). The highest BCUT2D eigenvalue weighted by Crippen LogP contribution is 2.17. The summed E-state index contributed by atoms with van der Waals surface area (Å²) in [4.78, 5) is 49.5. The van der Waals surface area contributed by atoms with Crippen molar-refractivity contribution in [2.45, 2.75) is 26.7 Å². The Balaban J connectivity index is 1.74. The molecule has 0 bridgehead atoms. The van der Waals surface area contributed by atoms with Gasteiger partial charge in [0.25, 0.3) is 0 Å². The number of benzene rings is 1. The lowest BCUT2D eigenvalue weighted by Gasteiger charge is -2.15. The van der Waals surface area contributed by atoms with Crippen molar-refractivity contribution in [3.05, 3.63) is 24.3 Å². The van der Waals surface area contributed by atoms with Gasteiger partial charge in [0.15, 0.2) is 0 Å². The first-order chi connectivity index (χ1) is 13.5. The van der Waals surface area contributed by atoms with Gasteiger partial charge in [-0.15, -0.1) is 0 Å². The van der Waals surface area contributed by atoms with Crippen molar-refractivity contribution in [3.63, 3.8) is 0 Å². The van der Waals surface area contributed by atoms with E-state index in [4.69, 9.17) is 9.47 Å². The van der Waals surface area contributed by atoms with Gasteiger partial charge in [0, 0.05) is 6.54 Å². The Bertz CT molecular complexity index is 719. The fraction of sp³-hybridized carbons (Fsp3) is 0.474. The molecule has 152 valence electrons. The summed E-state index contributed by atoms with van der Waals surface area (Å²) in [7, 11) is 0. The standard InChI is InChI=1S/C19H25N3O6/c1-3-5-11-21-17(24)18(25)22(19(21)26)13-16(23)20-10-12-28-15-8-6-14(7-9-15)27-4-2/h6-9H,3-5,10-13H2,1-2H3,(H,20,23). The van der Waals surface area contributed by atoms with E-state index in [-0.39, 0.29) is 19.7 Å². The van der Waals surface area contributed by atoms with E-state index < -0.39 is 30.3 Å². The summed E-state index contributed by atoms with van der Waals surface area (Å²) in [6, 6.07) is 6.33. The zero-order chi connectivity index (χ0) is 20.5. The predicted molar refractivity (Wildman–Crippen MR) is 99.8 cm³/mol. The minimum absolute atomic E-state index is 0.175. The van der Waals surface area contributed by atoms with E-state index in [1.807, 2.05) is 13.8 Å². The molecule has 5 amide bonds. The summed E-state index contributed by atoms with van der Waals surface area (Å²) in [5, 5.41) is 2.56. The highest BCUT2D eigenvalue weighted by molar-refractivity contribution is 6.45. The van der Waals surface area contributed by atoms with Crippen LogP contribution in [0.5, 0.6) is 11.5 Å². The Morgan fingerprint density at radius 2 is 1.57 bits per heavy atom. The van der Waals surface area contributed by atoms with Crippen LogP contribution in [0.1, 0.15) is 26.7 Å². The van der Waals surface area contributed by atoms with E-state index in [1.165, 1.54) is 0 Å². The Morgan fingerprint density at radius 3 is 2.18 bits per heavy atom. The van der Waals surface area contributed by atoms with Crippen LogP contribution in [0.3, 0.4) is 0 Å². The highest BCUT2D eigenvalue weighted by Gasteiger charge is 2.44. The first-order valence-electron chi connectivity index (χ1n) is 9.27. The number of ether oxygens (including phenoxy) is 2. The van der Waals surface area contributed by atoms with Crippen LogP contribution in [0, 0.1) is 0 Å².